The van der Waals surface area contributed by atoms with E-state index in [1.165, 1.54) is 0 Å². The molecule has 12 nitrogen and oxygen atoms in total. The Bertz CT molecular complexity index is 1620. The van der Waals surface area contributed by atoms with Crippen LogP contribution < -0.4 is 15.4 Å². The van der Waals surface area contributed by atoms with E-state index in [2.05, 4.69) is 20.3 Å². The Morgan fingerprint density at radius 2 is 1.91 bits per heavy atom. The van der Waals surface area contributed by atoms with Crippen molar-refractivity contribution in [3.8, 4) is 0 Å². The van der Waals surface area contributed by atoms with E-state index < -0.39 is 56.7 Å². The molecule has 2 heterocycles. The molecule has 47 heavy (non-hydrogen) atoms. The number of benzene rings is 1. The summed E-state index contributed by atoms with van der Waals surface area (Å²) in [5.74, 6) is -2.66. The second kappa shape index (κ2) is 13.3. The number of carbonyl (C=O) groups excluding carboxylic acids is 4. The van der Waals surface area contributed by atoms with Gasteiger partial charge in [0.15, 0.2) is 0 Å². The Morgan fingerprint density at radius 3 is 2.64 bits per heavy atom. The summed E-state index contributed by atoms with van der Waals surface area (Å²) in [6, 6.07) is 5.92. The lowest BCUT2D eigenvalue weighted by atomic mass is 9.93. The van der Waals surface area contributed by atoms with Crippen molar-refractivity contribution in [3.05, 3.63) is 41.5 Å². The van der Waals surface area contributed by atoms with E-state index in [9.17, 15) is 27.6 Å². The second-order valence-electron chi connectivity index (χ2n) is 13.6. The van der Waals surface area contributed by atoms with E-state index in [4.69, 9.17) is 4.74 Å². The molecular formula is C33H43N5O7S2. The van der Waals surface area contributed by atoms with E-state index in [-0.39, 0.29) is 37.1 Å². The van der Waals surface area contributed by atoms with Crippen molar-refractivity contribution < 1.29 is 32.3 Å². The smallest absolute Gasteiger partial charge is 0.411 e. The number of aryl methyl sites for hydroxylation is 1. The van der Waals surface area contributed by atoms with Crippen molar-refractivity contribution in [1.29, 1.82) is 0 Å². The predicted molar refractivity (Wildman–Crippen MR) is 179 cm³/mol. The molecule has 0 bridgehead atoms. The molecule has 3 N–H and O–H groups in total. The summed E-state index contributed by atoms with van der Waals surface area (Å²) in [7, 11) is -2.12. The average molecular weight is 686 g/mol. The zero-order chi connectivity index (χ0) is 33.5. The number of nitrogens with zero attached hydrogens (tertiary/aromatic N) is 2. The minimum atomic E-state index is -3.83. The number of thioether (sulfide) groups is 1. The van der Waals surface area contributed by atoms with Gasteiger partial charge >= 0.3 is 6.09 Å². The summed E-state index contributed by atoms with van der Waals surface area (Å²) in [5.41, 5.74) is 0.905. The Hall–Kier alpha value is -3.39. The summed E-state index contributed by atoms with van der Waals surface area (Å²) < 4.78 is 33.3. The van der Waals surface area contributed by atoms with Gasteiger partial charge < -0.3 is 15.0 Å². The molecule has 6 rings (SSSR count). The Balaban J connectivity index is 1.20. The van der Waals surface area contributed by atoms with Crippen LogP contribution in [0.5, 0.6) is 0 Å². The highest BCUT2D eigenvalue weighted by molar-refractivity contribution is 8.14. The van der Waals surface area contributed by atoms with Gasteiger partial charge in [-0.1, -0.05) is 18.2 Å². The lowest BCUT2D eigenvalue weighted by molar-refractivity contribution is -0.140. The molecular weight excluding hydrogens is 643 g/mol. The van der Waals surface area contributed by atoms with Gasteiger partial charge in [0.05, 0.1) is 28.8 Å². The first-order valence-electron chi connectivity index (χ1n) is 16.5. The largest absolute Gasteiger partial charge is 0.446 e. The van der Waals surface area contributed by atoms with Crippen LogP contribution >= 0.6 is 11.8 Å². The highest BCUT2D eigenvalue weighted by Crippen LogP contribution is 2.47. The molecule has 254 valence electrons. The van der Waals surface area contributed by atoms with Gasteiger partial charge in [-0.2, -0.15) is 0 Å². The molecule has 6 atom stereocenters. The SMILES string of the molecule is Cc1ccc(C2=NC(C)CS2)c(NC(=O)O[C@@H]2C[C@H]3C(=O)N[C@]4(C(=O)NS(=O)(=O)C5CC5)C[C@H]4/C=C\CCCCN(C)C(=O)[C@@H]3C2)c1. The zero-order valence-corrected chi connectivity index (χ0v) is 28.6. The maximum absolute atomic E-state index is 13.9. The molecule has 3 saturated carbocycles. The molecule has 5 aliphatic rings. The minimum absolute atomic E-state index is 0.0861. The van der Waals surface area contributed by atoms with Crippen LogP contribution in [0.3, 0.4) is 0 Å². The number of anilines is 1. The first-order valence-corrected chi connectivity index (χ1v) is 19.0. The fraction of sp³-hybridized carbons (Fsp3) is 0.606. The van der Waals surface area contributed by atoms with Crippen molar-refractivity contribution >= 4 is 56.3 Å². The number of nitrogens with one attached hydrogen (secondary N) is 3. The molecule has 0 aromatic heterocycles. The maximum Gasteiger partial charge on any atom is 0.411 e. The number of allylic oxidation sites excluding steroid dienone is 1. The van der Waals surface area contributed by atoms with Crippen LogP contribution in [-0.2, 0) is 29.1 Å². The predicted octanol–water partition coefficient (Wildman–Crippen LogP) is 3.50. The number of amides is 4. The highest BCUT2D eigenvalue weighted by atomic mass is 32.2. The van der Waals surface area contributed by atoms with Crippen LogP contribution in [0.4, 0.5) is 10.5 Å². The van der Waals surface area contributed by atoms with Gasteiger partial charge in [-0.15, -0.1) is 11.8 Å². The number of ether oxygens (including phenoxy) is 1. The molecule has 0 spiro atoms. The second-order valence-corrected chi connectivity index (χ2v) is 16.6. The van der Waals surface area contributed by atoms with Gasteiger partial charge in [0.1, 0.15) is 16.7 Å². The summed E-state index contributed by atoms with van der Waals surface area (Å²) in [4.78, 5) is 60.7. The lowest BCUT2D eigenvalue weighted by Gasteiger charge is -2.26. The van der Waals surface area contributed by atoms with Crippen LogP contribution in [0.25, 0.3) is 0 Å². The number of hydrogen-bond donors (Lipinski definition) is 3. The van der Waals surface area contributed by atoms with Crippen LogP contribution in [0.2, 0.25) is 0 Å². The molecule has 1 aromatic carbocycles. The average Bonchev–Trinajstić information content (AvgIpc) is 3.90. The molecule has 4 amide bonds. The number of rotatable bonds is 6. The molecule has 14 heteroatoms. The first kappa shape index (κ1) is 33.5. The quantitative estimate of drug-likeness (QED) is 0.383. The third kappa shape index (κ3) is 7.38. The molecule has 1 unspecified atom stereocenters. The van der Waals surface area contributed by atoms with Gasteiger partial charge in [0.2, 0.25) is 21.8 Å². The first-order chi connectivity index (χ1) is 22.4. The van der Waals surface area contributed by atoms with Crippen molar-refractivity contribution in [1.82, 2.24) is 14.9 Å². The number of fused-ring (bicyclic) bond motifs is 2. The van der Waals surface area contributed by atoms with Gasteiger partial charge in [0, 0.05) is 30.8 Å². The number of sulfonamides is 1. The Morgan fingerprint density at radius 1 is 1.15 bits per heavy atom. The third-order valence-corrected chi connectivity index (χ3v) is 12.8. The number of hydrogen-bond acceptors (Lipinski definition) is 9. The van der Waals surface area contributed by atoms with Gasteiger partial charge in [0.25, 0.3) is 5.91 Å². The summed E-state index contributed by atoms with van der Waals surface area (Å²) in [6.45, 7) is 4.49. The van der Waals surface area contributed by atoms with E-state index in [0.717, 1.165) is 41.2 Å². The van der Waals surface area contributed by atoms with E-state index in [0.29, 0.717) is 25.1 Å². The van der Waals surface area contributed by atoms with Crippen molar-refractivity contribution in [2.75, 3.05) is 24.7 Å². The van der Waals surface area contributed by atoms with Gasteiger partial charge in [-0.05, 0) is 82.9 Å². The molecule has 3 fully saturated rings. The van der Waals surface area contributed by atoms with Crippen LogP contribution in [0, 0.1) is 24.7 Å². The summed E-state index contributed by atoms with van der Waals surface area (Å²) in [5, 5.41) is 5.98. The summed E-state index contributed by atoms with van der Waals surface area (Å²) in [6.07, 6.45) is 6.21. The van der Waals surface area contributed by atoms with E-state index in [1.807, 2.05) is 44.2 Å². The van der Waals surface area contributed by atoms with Crippen LogP contribution in [0.15, 0.2) is 35.3 Å². The standard InChI is InChI=1S/C33H43N5O7S2/c1-19-9-12-24(29-34-20(2)18-46-29)27(14-19)35-32(42)45-22-15-25-26(16-22)30(40)38(3)13-7-5-4-6-8-21-17-33(21,36-28(25)39)31(41)37-47(43,44)23-10-11-23/h6,8-9,12,14,20-23,25-26H,4-5,7,10-11,13,15-18H2,1-3H3,(H,35,42)(H,36,39)(H,37,41)/b8-6-/t20?,21-,22-,25-,26-,33-/m1/s1. The van der Waals surface area contributed by atoms with E-state index >= 15 is 0 Å². The van der Waals surface area contributed by atoms with Crippen LogP contribution in [0.1, 0.15) is 69.4 Å². The Labute approximate surface area is 280 Å². The van der Waals surface area contributed by atoms with Crippen molar-refractivity contribution in [2.45, 2.75) is 88.1 Å². The van der Waals surface area contributed by atoms with Crippen molar-refractivity contribution in [3.63, 3.8) is 0 Å². The third-order valence-electron chi connectivity index (χ3n) is 9.71. The fourth-order valence-corrected chi connectivity index (χ4v) is 9.18. The summed E-state index contributed by atoms with van der Waals surface area (Å²) >= 11 is 1.63. The molecule has 0 radical (unpaired) electrons. The fourth-order valence-electron chi connectivity index (χ4n) is 6.75. The van der Waals surface area contributed by atoms with Crippen LogP contribution in [-0.4, -0.2) is 84.5 Å². The molecule has 0 saturated heterocycles. The van der Waals surface area contributed by atoms with Gasteiger partial charge in [-0.25, -0.2) is 13.2 Å². The van der Waals surface area contributed by atoms with Gasteiger partial charge in [-0.3, -0.25) is 29.4 Å². The Kier molecular flexibility index (Phi) is 9.45. The number of carbonyl (C=O) groups is 4. The van der Waals surface area contributed by atoms with Crippen molar-refractivity contribution in [2.24, 2.45) is 22.7 Å². The molecule has 1 aromatic rings. The number of aliphatic imine (C=N–C) groups is 1. The zero-order valence-electron chi connectivity index (χ0n) is 27.0. The topological polar surface area (TPSA) is 163 Å². The highest BCUT2D eigenvalue weighted by Gasteiger charge is 2.62. The van der Waals surface area contributed by atoms with E-state index in [1.54, 1.807) is 23.7 Å². The monoisotopic (exact) mass is 685 g/mol. The maximum atomic E-state index is 13.9. The normalized spacial score (nSPS) is 31.9. The minimum Gasteiger partial charge on any atom is -0.446 e. The molecule has 2 aliphatic heterocycles. The lowest BCUT2D eigenvalue weighted by Crippen LogP contribution is -2.54. The molecule has 3 aliphatic carbocycles.